The predicted molar refractivity (Wildman–Crippen MR) is 122 cm³/mol. The van der Waals surface area contributed by atoms with Gasteiger partial charge in [0.05, 0.1) is 28.8 Å². The Morgan fingerprint density at radius 3 is 2.62 bits per heavy atom. The first-order valence-electron chi connectivity index (χ1n) is 10.2. The lowest BCUT2D eigenvalue weighted by Crippen LogP contribution is -2.61. The number of carbonyl (C=O) groups excluding carboxylic acids is 1. The minimum atomic E-state index is -3.53. The van der Waals surface area contributed by atoms with Gasteiger partial charge in [-0.3, -0.25) is 15.1 Å². The summed E-state index contributed by atoms with van der Waals surface area (Å²) in [7, 11) is -1.86. The number of nitrogens with zero attached hydrogens (tertiary/aromatic N) is 3. The molecule has 1 amide bonds. The second-order valence-corrected chi connectivity index (χ2v) is 10.7. The third kappa shape index (κ3) is 4.65. The molecule has 2 aliphatic rings. The predicted octanol–water partition coefficient (Wildman–Crippen LogP) is 1.28. The zero-order valence-electron chi connectivity index (χ0n) is 18.2. The van der Waals surface area contributed by atoms with Gasteiger partial charge in [-0.2, -0.15) is 0 Å². The quantitative estimate of drug-likeness (QED) is 0.501. The van der Waals surface area contributed by atoms with E-state index in [0.29, 0.717) is 28.8 Å². The molecule has 2 fully saturated rings. The molecule has 0 bridgehead atoms. The van der Waals surface area contributed by atoms with Crippen LogP contribution in [0.2, 0.25) is 5.02 Å². The molecule has 4 N–H and O–H groups in total. The Kier molecular flexibility index (Phi) is 6.01. The van der Waals surface area contributed by atoms with E-state index in [1.54, 1.807) is 19.2 Å². The summed E-state index contributed by atoms with van der Waals surface area (Å²) in [4.78, 5) is 21.7. The number of hydrazine groups is 1. The van der Waals surface area contributed by atoms with Crippen molar-refractivity contribution in [3.05, 3.63) is 40.8 Å². The summed E-state index contributed by atoms with van der Waals surface area (Å²) in [6, 6.07) is 6.17. The van der Waals surface area contributed by atoms with E-state index in [1.807, 2.05) is 19.9 Å². The molecule has 4 atom stereocenters. The lowest BCUT2D eigenvalue weighted by molar-refractivity contribution is -0.131. The van der Waals surface area contributed by atoms with Crippen molar-refractivity contribution in [3.63, 3.8) is 0 Å². The van der Waals surface area contributed by atoms with Gasteiger partial charge in [-0.05, 0) is 32.0 Å². The highest BCUT2D eigenvalue weighted by molar-refractivity contribution is 7.90. The molecule has 4 unspecified atom stereocenters. The summed E-state index contributed by atoms with van der Waals surface area (Å²) in [5.41, 5.74) is 4.39. The van der Waals surface area contributed by atoms with Crippen LogP contribution < -0.4 is 21.4 Å². The van der Waals surface area contributed by atoms with Crippen molar-refractivity contribution in [2.45, 2.75) is 43.5 Å². The summed E-state index contributed by atoms with van der Waals surface area (Å²) in [6.07, 6.45) is 1.06. The van der Waals surface area contributed by atoms with Crippen LogP contribution in [0.1, 0.15) is 17.9 Å². The highest BCUT2D eigenvalue weighted by Crippen LogP contribution is 2.32. The van der Waals surface area contributed by atoms with Gasteiger partial charge in [0.2, 0.25) is 5.91 Å². The molecular formula is C20H26ClN7O3S. The van der Waals surface area contributed by atoms with Gasteiger partial charge in [0.15, 0.2) is 9.84 Å². The molecule has 0 aliphatic carbocycles. The molecule has 1 aromatic heterocycles. The van der Waals surface area contributed by atoms with E-state index in [-0.39, 0.29) is 29.2 Å². The van der Waals surface area contributed by atoms with Gasteiger partial charge < -0.3 is 10.6 Å². The number of carbonyl (C=O) groups is 1. The fourth-order valence-corrected chi connectivity index (χ4v) is 5.39. The van der Waals surface area contributed by atoms with Crippen LogP contribution in [0.25, 0.3) is 0 Å². The van der Waals surface area contributed by atoms with Gasteiger partial charge in [-0.15, -0.1) is 0 Å². The summed E-state index contributed by atoms with van der Waals surface area (Å²) in [6.45, 7) is 3.72. The van der Waals surface area contributed by atoms with Gasteiger partial charge in [-0.25, -0.2) is 23.8 Å². The van der Waals surface area contributed by atoms with E-state index in [0.717, 1.165) is 11.9 Å². The van der Waals surface area contributed by atoms with Crippen molar-refractivity contribution in [2.75, 3.05) is 23.9 Å². The molecule has 0 saturated carbocycles. The zero-order valence-corrected chi connectivity index (χ0v) is 19.8. The third-order valence-electron chi connectivity index (χ3n) is 5.58. The number of sulfone groups is 1. The van der Waals surface area contributed by atoms with E-state index in [9.17, 15) is 13.2 Å². The van der Waals surface area contributed by atoms with E-state index >= 15 is 0 Å². The summed E-state index contributed by atoms with van der Waals surface area (Å²) >= 11 is 6.04. The highest BCUT2D eigenvalue weighted by Gasteiger charge is 2.48. The number of hydrogen-bond acceptors (Lipinski definition) is 9. The molecule has 2 aromatic rings. The van der Waals surface area contributed by atoms with Crippen molar-refractivity contribution in [3.8, 4) is 0 Å². The number of rotatable bonds is 5. The van der Waals surface area contributed by atoms with Crippen LogP contribution in [0.5, 0.6) is 0 Å². The van der Waals surface area contributed by atoms with Crippen molar-refractivity contribution < 1.29 is 13.2 Å². The number of halogens is 1. The van der Waals surface area contributed by atoms with Crippen LogP contribution in [0.15, 0.2) is 29.2 Å². The molecule has 12 heteroatoms. The number of piperidine rings is 1. The molecule has 0 spiro atoms. The second-order valence-electron chi connectivity index (χ2n) is 8.23. The lowest BCUT2D eigenvalue weighted by atomic mass is 9.88. The first kappa shape index (κ1) is 22.7. The maximum Gasteiger partial charge on any atom is 0.244 e. The van der Waals surface area contributed by atoms with Crippen LogP contribution in [-0.4, -0.2) is 61.0 Å². The van der Waals surface area contributed by atoms with Gasteiger partial charge >= 0.3 is 0 Å². The van der Waals surface area contributed by atoms with Gasteiger partial charge in [0, 0.05) is 42.5 Å². The number of anilines is 2. The van der Waals surface area contributed by atoms with Crippen LogP contribution in [0.4, 0.5) is 11.5 Å². The van der Waals surface area contributed by atoms with Crippen molar-refractivity contribution in [1.29, 1.82) is 0 Å². The number of amides is 1. The Morgan fingerprint density at radius 2 is 1.94 bits per heavy atom. The average molecular weight is 480 g/mol. The van der Waals surface area contributed by atoms with Crippen molar-refractivity contribution in [1.82, 2.24) is 25.7 Å². The van der Waals surface area contributed by atoms with Crippen LogP contribution >= 0.6 is 11.6 Å². The summed E-state index contributed by atoms with van der Waals surface area (Å²) < 4.78 is 24.7. The van der Waals surface area contributed by atoms with Crippen LogP contribution in [-0.2, 0) is 14.6 Å². The van der Waals surface area contributed by atoms with Crippen LogP contribution in [0, 0.1) is 19.8 Å². The fraction of sp³-hybridized carbons (Fsp3) is 0.450. The minimum absolute atomic E-state index is 0.0814. The number of hydrogen-bond donors (Lipinski definition) is 4. The number of benzene rings is 1. The monoisotopic (exact) mass is 479 g/mol. The Hall–Kier alpha value is -2.47. The second kappa shape index (κ2) is 8.47. The standard InChI is InChI=1S/C20H26ClN7O3S/c1-10-7-16(23-11(2)22-10)25-17-9-14(18-19(26-17)27-28(3)20(18)29)24-13-6-5-12(21)8-15(13)32(4,30)31/h5-8,14,17-19,24,26-27H,9H2,1-4H3,(H,22,23,25). The van der Waals surface area contributed by atoms with Crippen molar-refractivity contribution in [2.24, 2.45) is 5.92 Å². The highest BCUT2D eigenvalue weighted by atomic mass is 35.5. The third-order valence-corrected chi connectivity index (χ3v) is 6.96. The van der Waals surface area contributed by atoms with Gasteiger partial charge in [0.1, 0.15) is 11.6 Å². The Morgan fingerprint density at radius 1 is 1.19 bits per heavy atom. The summed E-state index contributed by atoms with van der Waals surface area (Å²) in [5.74, 6) is 0.812. The Bertz CT molecular complexity index is 1140. The first-order chi connectivity index (χ1) is 15.0. The van der Waals surface area contributed by atoms with Gasteiger partial charge in [0.25, 0.3) is 0 Å². The molecule has 4 rings (SSSR count). The normalized spacial score (nSPS) is 25.5. The maximum absolute atomic E-state index is 12.8. The molecular weight excluding hydrogens is 454 g/mol. The number of aryl methyl sites for hydroxylation is 2. The minimum Gasteiger partial charge on any atom is -0.380 e. The van der Waals surface area contributed by atoms with E-state index < -0.39 is 15.8 Å². The smallest absolute Gasteiger partial charge is 0.244 e. The zero-order chi connectivity index (χ0) is 23.2. The average Bonchev–Trinajstić information content (AvgIpc) is 2.95. The van der Waals surface area contributed by atoms with Gasteiger partial charge in [-0.1, -0.05) is 11.6 Å². The van der Waals surface area contributed by atoms with E-state index in [2.05, 4.69) is 31.3 Å². The summed E-state index contributed by atoms with van der Waals surface area (Å²) in [5, 5.41) is 11.9. The Balaban J connectivity index is 1.64. The molecule has 2 saturated heterocycles. The van der Waals surface area contributed by atoms with E-state index in [4.69, 9.17) is 11.6 Å². The van der Waals surface area contributed by atoms with Crippen LogP contribution in [0.3, 0.4) is 0 Å². The molecule has 172 valence electrons. The molecule has 32 heavy (non-hydrogen) atoms. The molecule has 10 nitrogen and oxygen atoms in total. The number of nitrogens with one attached hydrogen (secondary N) is 4. The Labute approximate surface area is 192 Å². The molecule has 3 heterocycles. The van der Waals surface area contributed by atoms with E-state index in [1.165, 1.54) is 11.1 Å². The molecule has 1 aromatic carbocycles. The largest absolute Gasteiger partial charge is 0.380 e. The molecule has 2 aliphatic heterocycles. The number of aromatic nitrogens is 2. The topological polar surface area (TPSA) is 128 Å². The first-order valence-corrected chi connectivity index (χ1v) is 12.4. The number of fused-ring (bicyclic) bond motifs is 1. The molecule has 0 radical (unpaired) electrons. The SMILES string of the molecule is Cc1cc(NC2CC(Nc3ccc(Cl)cc3S(C)(=O)=O)C3C(=O)N(C)NC3N2)nc(C)n1. The van der Waals surface area contributed by atoms with Crippen molar-refractivity contribution >= 4 is 38.9 Å². The maximum atomic E-state index is 12.8. The fourth-order valence-electron chi connectivity index (χ4n) is 4.29. The lowest BCUT2D eigenvalue weighted by Gasteiger charge is -2.39.